The molecule has 0 aliphatic heterocycles. The molecule has 0 aromatic heterocycles. The van der Waals surface area contributed by atoms with E-state index < -0.39 is 5.77 Å². The van der Waals surface area contributed by atoms with E-state index in [-0.39, 0.29) is 6.04 Å². The molecular weight excluding hydrogens is 191 g/mol. The van der Waals surface area contributed by atoms with E-state index in [0.717, 1.165) is 0 Å². The minimum absolute atomic E-state index is 0.358. The Morgan fingerprint density at radius 2 is 2.40 bits per heavy atom. The third kappa shape index (κ3) is 4.21. The highest BCUT2D eigenvalue weighted by atomic mass is 35.7. The Morgan fingerprint density at radius 3 is 2.70 bits per heavy atom. The van der Waals surface area contributed by atoms with Gasteiger partial charge in [0.2, 0.25) is 5.77 Å². The quantitative estimate of drug-likeness (QED) is 0.700. The van der Waals surface area contributed by atoms with Crippen molar-refractivity contribution in [2.24, 2.45) is 0 Å². The van der Waals surface area contributed by atoms with Gasteiger partial charge < -0.3 is 4.52 Å². The number of nitrogens with zero attached hydrogens (tertiary/aromatic N) is 1. The Bertz CT molecular complexity index is 192. The van der Waals surface area contributed by atoms with Crippen molar-refractivity contribution in [2.75, 3.05) is 7.11 Å². The molecule has 10 heavy (non-hydrogen) atoms. The minimum Gasteiger partial charge on any atom is -0.330 e. The molecule has 0 heterocycles. The molecule has 2 atom stereocenters. The fourth-order valence-corrected chi connectivity index (χ4v) is 1.85. The number of hydrogen-bond acceptors (Lipinski definition) is 3. The molecule has 1 N–H and O–H groups in total. The first-order valence-electron chi connectivity index (χ1n) is 2.54. The zero-order valence-corrected chi connectivity index (χ0v) is 8.13. The molecule has 0 saturated heterocycles. The van der Waals surface area contributed by atoms with Crippen molar-refractivity contribution < 1.29 is 4.52 Å². The summed E-state index contributed by atoms with van der Waals surface area (Å²) in [5.74, 6) is -2.41. The molecule has 0 bridgehead atoms. The second-order valence-electron chi connectivity index (χ2n) is 1.64. The first kappa shape index (κ1) is 10.3. The van der Waals surface area contributed by atoms with Crippen LogP contribution in [0.1, 0.15) is 6.92 Å². The Kier molecular flexibility index (Phi) is 4.42. The molecule has 0 fully saturated rings. The Labute approximate surface area is 70.2 Å². The van der Waals surface area contributed by atoms with Crippen LogP contribution in [0.2, 0.25) is 0 Å². The van der Waals surface area contributed by atoms with Gasteiger partial charge in [0.15, 0.2) is 0 Å². The summed E-state index contributed by atoms with van der Waals surface area (Å²) in [4.78, 5) is 0. The maximum atomic E-state index is 8.34. The molecule has 0 rings (SSSR count). The number of halogens is 1. The fraction of sp³-hybridized carbons (Fsp3) is 0.750. The number of hydrogen-bond donors (Lipinski definition) is 1. The molecule has 0 aliphatic rings. The minimum atomic E-state index is -2.41. The van der Waals surface area contributed by atoms with Crippen molar-refractivity contribution in [1.29, 1.82) is 5.26 Å². The van der Waals surface area contributed by atoms with Gasteiger partial charge in [0, 0.05) is 7.11 Å². The third-order valence-corrected chi connectivity index (χ3v) is 3.41. The van der Waals surface area contributed by atoms with Gasteiger partial charge in [-0.1, -0.05) is 0 Å². The van der Waals surface area contributed by atoms with E-state index >= 15 is 0 Å². The van der Waals surface area contributed by atoms with Gasteiger partial charge >= 0.3 is 0 Å². The zero-order chi connectivity index (χ0) is 8.20. The Hall–Kier alpha value is 0.350. The Morgan fingerprint density at radius 1 is 1.90 bits per heavy atom. The van der Waals surface area contributed by atoms with Crippen LogP contribution in [-0.4, -0.2) is 13.2 Å². The zero-order valence-electron chi connectivity index (χ0n) is 5.67. The fourth-order valence-electron chi connectivity index (χ4n) is 0.313. The molecule has 0 aromatic carbocycles. The average Bonchev–Trinajstić information content (AvgIpc) is 1.87. The average molecular weight is 199 g/mol. The standard InChI is InChI=1S/C4H8ClN2OPS/c1-4(3-6)7-9(5,10)8-2/h4H,1-2H3,(H,7,10). The summed E-state index contributed by atoms with van der Waals surface area (Å²) in [6, 6.07) is 1.58. The summed E-state index contributed by atoms with van der Waals surface area (Å²) in [6.45, 7) is 1.67. The molecule has 0 spiro atoms. The lowest BCUT2D eigenvalue weighted by atomic mass is 10.4. The van der Waals surface area contributed by atoms with E-state index in [9.17, 15) is 0 Å². The largest absolute Gasteiger partial charge is 0.330 e. The van der Waals surface area contributed by atoms with Crippen molar-refractivity contribution >= 4 is 28.8 Å². The summed E-state index contributed by atoms with van der Waals surface area (Å²) in [5, 5.41) is 11.0. The predicted octanol–water partition coefficient (Wildman–Crippen LogP) is 1.60. The molecule has 0 radical (unpaired) electrons. The van der Waals surface area contributed by atoms with Crippen LogP contribution in [0.15, 0.2) is 0 Å². The van der Waals surface area contributed by atoms with Gasteiger partial charge in [-0.3, -0.25) is 0 Å². The van der Waals surface area contributed by atoms with E-state index in [1.807, 2.05) is 6.07 Å². The van der Waals surface area contributed by atoms with Crippen molar-refractivity contribution in [3.05, 3.63) is 0 Å². The highest BCUT2D eigenvalue weighted by Crippen LogP contribution is 2.47. The van der Waals surface area contributed by atoms with Crippen LogP contribution in [0.25, 0.3) is 0 Å². The molecule has 58 valence electrons. The summed E-state index contributed by atoms with van der Waals surface area (Å²) in [5.41, 5.74) is 0. The first-order valence-corrected chi connectivity index (χ1v) is 6.17. The van der Waals surface area contributed by atoms with E-state index in [1.165, 1.54) is 7.11 Å². The van der Waals surface area contributed by atoms with E-state index in [1.54, 1.807) is 6.92 Å². The second kappa shape index (κ2) is 4.27. The van der Waals surface area contributed by atoms with Gasteiger partial charge in [-0.15, -0.1) is 0 Å². The highest BCUT2D eigenvalue weighted by molar-refractivity contribution is 8.23. The molecule has 2 unspecified atom stereocenters. The number of nitrogens with one attached hydrogen (secondary N) is 1. The maximum absolute atomic E-state index is 8.34. The molecular formula is C4H8ClN2OPS. The summed E-state index contributed by atoms with van der Waals surface area (Å²) >= 11 is 10.4. The van der Waals surface area contributed by atoms with Crippen molar-refractivity contribution in [3.8, 4) is 6.07 Å². The van der Waals surface area contributed by atoms with Crippen LogP contribution in [-0.2, 0) is 16.3 Å². The van der Waals surface area contributed by atoms with Gasteiger partial charge in [-0.05, 0) is 30.0 Å². The first-order chi connectivity index (χ1) is 4.52. The van der Waals surface area contributed by atoms with Gasteiger partial charge in [0.25, 0.3) is 0 Å². The maximum Gasteiger partial charge on any atom is 0.220 e. The van der Waals surface area contributed by atoms with Crippen LogP contribution < -0.4 is 5.09 Å². The van der Waals surface area contributed by atoms with E-state index in [2.05, 4.69) is 5.09 Å². The van der Waals surface area contributed by atoms with Crippen molar-refractivity contribution in [1.82, 2.24) is 5.09 Å². The summed E-state index contributed by atoms with van der Waals surface area (Å²) in [6.07, 6.45) is 0. The Balaban J connectivity index is 3.92. The normalized spacial score (nSPS) is 19.0. The topological polar surface area (TPSA) is 45.0 Å². The summed E-state index contributed by atoms with van der Waals surface area (Å²) in [7, 11) is 1.42. The van der Waals surface area contributed by atoms with Crippen LogP contribution in [0.5, 0.6) is 0 Å². The lowest BCUT2D eigenvalue weighted by molar-refractivity contribution is 0.459. The predicted molar refractivity (Wildman–Crippen MR) is 45.4 cm³/mol. The van der Waals surface area contributed by atoms with Crippen molar-refractivity contribution in [2.45, 2.75) is 13.0 Å². The molecule has 3 nitrogen and oxygen atoms in total. The number of rotatable bonds is 3. The van der Waals surface area contributed by atoms with Crippen molar-refractivity contribution in [3.63, 3.8) is 0 Å². The van der Waals surface area contributed by atoms with Crippen LogP contribution in [0.3, 0.4) is 0 Å². The molecule has 6 heteroatoms. The molecule has 0 saturated carbocycles. The molecule has 0 amide bonds. The van der Waals surface area contributed by atoms with Gasteiger partial charge in [0.1, 0.15) is 0 Å². The lowest BCUT2D eigenvalue weighted by Crippen LogP contribution is -2.19. The second-order valence-corrected chi connectivity index (χ2v) is 6.80. The molecule has 0 aliphatic carbocycles. The third-order valence-electron chi connectivity index (χ3n) is 0.776. The monoisotopic (exact) mass is 198 g/mol. The van der Waals surface area contributed by atoms with Crippen LogP contribution in [0, 0.1) is 11.3 Å². The van der Waals surface area contributed by atoms with Crippen LogP contribution in [0.4, 0.5) is 0 Å². The van der Waals surface area contributed by atoms with Gasteiger partial charge in [-0.2, -0.15) is 5.26 Å². The lowest BCUT2D eigenvalue weighted by Gasteiger charge is -2.14. The molecule has 0 aromatic rings. The van der Waals surface area contributed by atoms with Gasteiger partial charge in [0.05, 0.1) is 12.1 Å². The smallest absolute Gasteiger partial charge is 0.220 e. The summed E-state index contributed by atoms with van der Waals surface area (Å²) < 4.78 is 4.74. The van der Waals surface area contributed by atoms with Crippen LogP contribution >= 0.6 is 17.0 Å². The SMILES string of the molecule is COP(=S)(Cl)NC(C)C#N. The highest BCUT2D eigenvalue weighted by Gasteiger charge is 2.13. The van der Waals surface area contributed by atoms with E-state index in [4.69, 9.17) is 32.8 Å². The van der Waals surface area contributed by atoms with E-state index in [0.29, 0.717) is 0 Å². The number of nitriles is 1. The van der Waals surface area contributed by atoms with Gasteiger partial charge in [-0.25, -0.2) is 5.09 Å².